The zero-order valence-electron chi connectivity index (χ0n) is 10.5. The molecule has 0 N–H and O–H groups in total. The molecular weight excluding hydrogens is 248 g/mol. The molecule has 0 aliphatic rings. The highest BCUT2D eigenvalue weighted by Crippen LogP contribution is 2.11. The van der Waals surface area contributed by atoms with Crippen molar-refractivity contribution in [3.8, 4) is 5.75 Å². The van der Waals surface area contributed by atoms with Crippen molar-refractivity contribution in [2.45, 2.75) is 13.3 Å². The van der Waals surface area contributed by atoms with Gasteiger partial charge in [0.1, 0.15) is 18.6 Å². The maximum absolute atomic E-state index is 11.4. The first kappa shape index (κ1) is 14.6. The first-order valence-electron chi connectivity index (χ1n) is 5.61. The molecule has 0 aliphatic heterocycles. The Bertz CT molecular complexity index is 487. The van der Waals surface area contributed by atoms with Crippen LogP contribution in [-0.4, -0.2) is 24.8 Å². The summed E-state index contributed by atoms with van der Waals surface area (Å²) in [5.41, 5.74) is 0.771. The Balaban J connectivity index is 2.36. The molecular formula is C14H14O5. The molecule has 0 bridgehead atoms. The first-order chi connectivity index (χ1) is 9.02. The molecule has 0 radical (unpaired) electrons. The van der Waals surface area contributed by atoms with Crippen molar-refractivity contribution in [1.29, 1.82) is 0 Å². The minimum atomic E-state index is -0.539. The number of aldehydes is 1. The lowest BCUT2D eigenvalue weighted by Gasteiger charge is -2.05. The Labute approximate surface area is 110 Å². The summed E-state index contributed by atoms with van der Waals surface area (Å²) in [7, 11) is 0. The number of rotatable bonds is 6. The van der Waals surface area contributed by atoms with Gasteiger partial charge < -0.3 is 9.47 Å². The number of esters is 2. The molecule has 19 heavy (non-hydrogen) atoms. The second-order valence-corrected chi connectivity index (χ2v) is 3.83. The standard InChI is InChI=1S/C14H14O5/c1-10(2)14(17)18-8-7-13(16)19-12-5-3-11(9-15)4-6-12/h3-6,9H,1,7-8H2,2H3. The van der Waals surface area contributed by atoms with Crippen LogP contribution in [0.5, 0.6) is 5.75 Å². The van der Waals surface area contributed by atoms with Crippen LogP contribution >= 0.6 is 0 Å². The van der Waals surface area contributed by atoms with Gasteiger partial charge in [0.25, 0.3) is 0 Å². The fraction of sp³-hybridized carbons (Fsp3) is 0.214. The second kappa shape index (κ2) is 7.10. The van der Waals surface area contributed by atoms with E-state index >= 15 is 0 Å². The van der Waals surface area contributed by atoms with Gasteiger partial charge in [-0.2, -0.15) is 0 Å². The third-order valence-corrected chi connectivity index (χ3v) is 2.14. The summed E-state index contributed by atoms with van der Waals surface area (Å²) in [4.78, 5) is 32.9. The highest BCUT2D eigenvalue weighted by Gasteiger charge is 2.08. The van der Waals surface area contributed by atoms with Crippen molar-refractivity contribution in [1.82, 2.24) is 0 Å². The molecule has 0 fully saturated rings. The van der Waals surface area contributed by atoms with Crippen molar-refractivity contribution < 1.29 is 23.9 Å². The minimum Gasteiger partial charge on any atom is -0.462 e. The molecule has 0 atom stereocenters. The van der Waals surface area contributed by atoms with Gasteiger partial charge in [0.15, 0.2) is 0 Å². The zero-order valence-corrected chi connectivity index (χ0v) is 10.5. The minimum absolute atomic E-state index is 0.0472. The van der Waals surface area contributed by atoms with Crippen LogP contribution in [0.15, 0.2) is 36.4 Å². The van der Waals surface area contributed by atoms with E-state index in [4.69, 9.17) is 9.47 Å². The van der Waals surface area contributed by atoms with E-state index in [-0.39, 0.29) is 18.6 Å². The summed E-state index contributed by atoms with van der Waals surface area (Å²) in [5.74, 6) is -0.724. The lowest BCUT2D eigenvalue weighted by molar-refractivity contribution is -0.142. The zero-order chi connectivity index (χ0) is 14.3. The predicted molar refractivity (Wildman–Crippen MR) is 67.9 cm³/mol. The summed E-state index contributed by atoms with van der Waals surface area (Å²) >= 11 is 0. The van der Waals surface area contributed by atoms with E-state index in [1.165, 1.54) is 31.2 Å². The Kier molecular flexibility index (Phi) is 5.47. The monoisotopic (exact) mass is 262 g/mol. The number of hydrogen-bond donors (Lipinski definition) is 0. The van der Waals surface area contributed by atoms with Crippen LogP contribution in [0.4, 0.5) is 0 Å². The molecule has 5 heteroatoms. The molecule has 0 heterocycles. The fourth-order valence-electron chi connectivity index (χ4n) is 1.15. The molecule has 1 aromatic rings. The first-order valence-corrected chi connectivity index (χ1v) is 5.61. The van der Waals surface area contributed by atoms with E-state index in [1.54, 1.807) is 0 Å². The molecule has 0 aromatic heterocycles. The lowest BCUT2D eigenvalue weighted by atomic mass is 10.2. The van der Waals surface area contributed by atoms with Crippen molar-refractivity contribution in [3.05, 3.63) is 42.0 Å². The average Bonchev–Trinajstić information content (AvgIpc) is 2.39. The molecule has 1 aromatic carbocycles. The number of carbonyl (C=O) groups is 3. The molecule has 5 nitrogen and oxygen atoms in total. The van der Waals surface area contributed by atoms with E-state index in [0.29, 0.717) is 17.6 Å². The van der Waals surface area contributed by atoms with Gasteiger partial charge in [-0.1, -0.05) is 6.58 Å². The number of carbonyl (C=O) groups excluding carboxylic acids is 3. The second-order valence-electron chi connectivity index (χ2n) is 3.83. The van der Waals surface area contributed by atoms with Crippen LogP contribution in [0.2, 0.25) is 0 Å². The highest BCUT2D eigenvalue weighted by atomic mass is 16.5. The highest BCUT2D eigenvalue weighted by molar-refractivity contribution is 5.87. The predicted octanol–water partition coefficient (Wildman–Crippen LogP) is 1.91. The van der Waals surface area contributed by atoms with E-state index in [2.05, 4.69) is 6.58 Å². The largest absolute Gasteiger partial charge is 0.462 e. The van der Waals surface area contributed by atoms with Gasteiger partial charge >= 0.3 is 11.9 Å². The van der Waals surface area contributed by atoms with Crippen molar-refractivity contribution in [2.75, 3.05) is 6.61 Å². The molecule has 1 rings (SSSR count). The normalized spacial score (nSPS) is 9.53. The van der Waals surface area contributed by atoms with Crippen LogP contribution in [0.3, 0.4) is 0 Å². The van der Waals surface area contributed by atoms with E-state index in [1.807, 2.05) is 0 Å². The van der Waals surface area contributed by atoms with Gasteiger partial charge in [-0.15, -0.1) is 0 Å². The summed E-state index contributed by atoms with van der Waals surface area (Å²) in [5, 5.41) is 0. The molecule has 0 amide bonds. The van der Waals surface area contributed by atoms with Crippen LogP contribution in [0, 0.1) is 0 Å². The third kappa shape index (κ3) is 5.16. The summed E-state index contributed by atoms with van der Waals surface area (Å²) < 4.78 is 9.75. The molecule has 0 spiro atoms. The summed E-state index contributed by atoms with van der Waals surface area (Å²) in [6, 6.07) is 6.11. The van der Waals surface area contributed by atoms with Crippen LogP contribution in [0.1, 0.15) is 23.7 Å². The Morgan fingerprint density at radius 2 is 1.89 bits per heavy atom. The van der Waals surface area contributed by atoms with Crippen LogP contribution < -0.4 is 4.74 Å². The fourth-order valence-corrected chi connectivity index (χ4v) is 1.15. The maximum Gasteiger partial charge on any atom is 0.333 e. The Morgan fingerprint density at radius 3 is 2.42 bits per heavy atom. The molecule has 0 unspecified atom stereocenters. The van der Waals surface area contributed by atoms with Gasteiger partial charge in [-0.05, 0) is 31.2 Å². The quantitative estimate of drug-likeness (QED) is 0.339. The van der Waals surface area contributed by atoms with Gasteiger partial charge in [0, 0.05) is 11.1 Å². The van der Waals surface area contributed by atoms with E-state index in [0.717, 1.165) is 0 Å². The summed E-state index contributed by atoms with van der Waals surface area (Å²) in [6.07, 6.45) is 0.650. The maximum atomic E-state index is 11.4. The molecule has 0 aliphatic carbocycles. The van der Waals surface area contributed by atoms with E-state index in [9.17, 15) is 14.4 Å². The van der Waals surface area contributed by atoms with E-state index < -0.39 is 11.9 Å². The van der Waals surface area contributed by atoms with Gasteiger partial charge in [0.05, 0.1) is 6.42 Å². The lowest BCUT2D eigenvalue weighted by Crippen LogP contribution is -2.14. The molecule has 100 valence electrons. The number of benzene rings is 1. The third-order valence-electron chi connectivity index (χ3n) is 2.14. The van der Waals surface area contributed by atoms with Crippen LogP contribution in [-0.2, 0) is 14.3 Å². The van der Waals surface area contributed by atoms with Crippen molar-refractivity contribution >= 4 is 18.2 Å². The average molecular weight is 262 g/mol. The van der Waals surface area contributed by atoms with Crippen molar-refractivity contribution in [3.63, 3.8) is 0 Å². The van der Waals surface area contributed by atoms with Gasteiger partial charge in [0.2, 0.25) is 0 Å². The number of hydrogen-bond acceptors (Lipinski definition) is 5. The molecule has 0 saturated heterocycles. The topological polar surface area (TPSA) is 69.7 Å². The van der Waals surface area contributed by atoms with Crippen LogP contribution in [0.25, 0.3) is 0 Å². The Morgan fingerprint density at radius 1 is 1.26 bits per heavy atom. The molecule has 0 saturated carbocycles. The number of ether oxygens (including phenoxy) is 2. The summed E-state index contributed by atoms with van der Waals surface area (Å²) in [6.45, 7) is 4.88. The Hall–Kier alpha value is -2.43. The smallest absolute Gasteiger partial charge is 0.333 e. The van der Waals surface area contributed by atoms with Gasteiger partial charge in [-0.25, -0.2) is 4.79 Å². The SMILES string of the molecule is C=C(C)C(=O)OCCC(=O)Oc1ccc(C=O)cc1. The van der Waals surface area contributed by atoms with Crippen molar-refractivity contribution in [2.24, 2.45) is 0 Å². The van der Waals surface area contributed by atoms with Gasteiger partial charge in [-0.3, -0.25) is 9.59 Å².